The Labute approximate surface area is 118 Å². The van der Waals surface area contributed by atoms with Crippen LogP contribution in [0.4, 0.5) is 0 Å². The molecule has 96 valence electrons. The van der Waals surface area contributed by atoms with Crippen molar-refractivity contribution in [1.29, 1.82) is 0 Å². The van der Waals surface area contributed by atoms with Crippen molar-refractivity contribution in [3.8, 4) is 0 Å². The molecule has 0 heterocycles. The van der Waals surface area contributed by atoms with E-state index in [4.69, 9.17) is 5.73 Å². The van der Waals surface area contributed by atoms with Crippen LogP contribution in [0.25, 0.3) is 0 Å². The number of hydrogen-bond donors (Lipinski definition) is 1. The molecule has 0 saturated carbocycles. The second-order valence-electron chi connectivity index (χ2n) is 4.92. The number of benzene rings is 1. The Morgan fingerprint density at radius 1 is 1.06 bits per heavy atom. The summed E-state index contributed by atoms with van der Waals surface area (Å²) in [6, 6.07) is 8.68. The maximum atomic E-state index is 6.12. The molecule has 3 unspecified atom stereocenters. The molecule has 0 aliphatic carbocycles. The van der Waals surface area contributed by atoms with Crippen molar-refractivity contribution in [1.82, 2.24) is 0 Å². The lowest BCUT2D eigenvalue weighted by molar-refractivity contribution is 0.631. The molecule has 0 aliphatic heterocycles. The molecule has 0 bridgehead atoms. The Bertz CT molecular complexity index is 335. The zero-order chi connectivity index (χ0) is 13.0. The fraction of sp³-hybridized carbons (Fsp3) is 0.571. The van der Waals surface area contributed by atoms with Crippen LogP contribution < -0.4 is 5.73 Å². The van der Waals surface area contributed by atoms with Gasteiger partial charge in [-0.3, -0.25) is 0 Å². The second-order valence-corrected chi connectivity index (χ2v) is 7.36. The van der Waals surface area contributed by atoms with Gasteiger partial charge in [0.2, 0.25) is 0 Å². The van der Waals surface area contributed by atoms with Gasteiger partial charge < -0.3 is 5.73 Å². The highest BCUT2D eigenvalue weighted by molar-refractivity contribution is 9.10. The van der Waals surface area contributed by atoms with Crippen LogP contribution in [0.1, 0.15) is 38.5 Å². The van der Waals surface area contributed by atoms with Crippen LogP contribution in [0.2, 0.25) is 0 Å². The van der Waals surface area contributed by atoms with E-state index < -0.39 is 0 Å². The van der Waals surface area contributed by atoms with Crippen molar-refractivity contribution < 1.29 is 0 Å². The third kappa shape index (κ3) is 4.65. The van der Waals surface area contributed by atoms with Gasteiger partial charge in [0.1, 0.15) is 0 Å². The largest absolute Gasteiger partial charge is 0.327 e. The SMILES string of the molecule is CC(C)C(C)SC(c1ccc(Br)cc1)C(C)N. The van der Waals surface area contributed by atoms with Crippen molar-refractivity contribution in [3.63, 3.8) is 0 Å². The van der Waals surface area contributed by atoms with E-state index in [1.165, 1.54) is 5.56 Å². The highest BCUT2D eigenvalue weighted by Crippen LogP contribution is 2.37. The summed E-state index contributed by atoms with van der Waals surface area (Å²) in [6.45, 7) is 8.89. The third-order valence-corrected chi connectivity index (χ3v) is 5.47. The third-order valence-electron chi connectivity index (χ3n) is 2.98. The zero-order valence-corrected chi connectivity index (χ0v) is 13.4. The van der Waals surface area contributed by atoms with E-state index in [2.05, 4.69) is 67.9 Å². The fourth-order valence-corrected chi connectivity index (χ4v) is 3.15. The lowest BCUT2D eigenvalue weighted by Crippen LogP contribution is -2.25. The van der Waals surface area contributed by atoms with Crippen LogP contribution in [0.3, 0.4) is 0 Å². The summed E-state index contributed by atoms with van der Waals surface area (Å²) in [5, 5.41) is 0.996. The van der Waals surface area contributed by atoms with Gasteiger partial charge >= 0.3 is 0 Å². The smallest absolute Gasteiger partial charge is 0.0448 e. The first kappa shape index (κ1) is 15.1. The van der Waals surface area contributed by atoms with Crippen LogP contribution >= 0.6 is 27.7 Å². The maximum absolute atomic E-state index is 6.12. The Balaban J connectivity index is 2.82. The van der Waals surface area contributed by atoms with Crippen LogP contribution in [-0.2, 0) is 0 Å². The second kappa shape index (κ2) is 6.81. The molecule has 0 aromatic heterocycles. The molecule has 0 aliphatic rings. The normalized spacial score (nSPS) is 16.9. The first-order valence-corrected chi connectivity index (χ1v) is 7.82. The summed E-state index contributed by atoms with van der Waals surface area (Å²) in [4.78, 5) is 0. The summed E-state index contributed by atoms with van der Waals surface area (Å²) in [7, 11) is 0. The summed E-state index contributed by atoms with van der Waals surface area (Å²) in [5.41, 5.74) is 7.44. The standard InChI is InChI=1S/C14H22BrNS/c1-9(2)11(4)17-14(10(3)16)12-5-7-13(15)8-6-12/h5-11,14H,16H2,1-4H3. The van der Waals surface area contributed by atoms with Crippen molar-refractivity contribution >= 4 is 27.7 Å². The fourth-order valence-electron chi connectivity index (χ4n) is 1.55. The van der Waals surface area contributed by atoms with Gasteiger partial charge in [0, 0.05) is 21.0 Å². The minimum atomic E-state index is 0.169. The van der Waals surface area contributed by atoms with E-state index >= 15 is 0 Å². The minimum Gasteiger partial charge on any atom is -0.327 e. The lowest BCUT2D eigenvalue weighted by Gasteiger charge is -2.26. The maximum Gasteiger partial charge on any atom is 0.0448 e. The molecule has 17 heavy (non-hydrogen) atoms. The molecule has 0 radical (unpaired) electrons. The predicted octanol–water partition coefficient (Wildman–Crippen LogP) is 4.62. The number of thioether (sulfide) groups is 1. The molecule has 2 N–H and O–H groups in total. The van der Waals surface area contributed by atoms with Gasteiger partial charge in [-0.1, -0.05) is 48.8 Å². The van der Waals surface area contributed by atoms with E-state index in [-0.39, 0.29) is 6.04 Å². The topological polar surface area (TPSA) is 26.0 Å². The molecule has 0 fully saturated rings. The van der Waals surface area contributed by atoms with Crippen molar-refractivity contribution in [2.24, 2.45) is 11.7 Å². The summed E-state index contributed by atoms with van der Waals surface area (Å²) < 4.78 is 1.12. The first-order valence-electron chi connectivity index (χ1n) is 6.08. The first-order chi connectivity index (χ1) is 7.91. The number of halogens is 1. The monoisotopic (exact) mass is 315 g/mol. The van der Waals surface area contributed by atoms with Crippen molar-refractivity contribution in [3.05, 3.63) is 34.3 Å². The molecule has 1 rings (SSSR count). The molecule has 0 spiro atoms. The van der Waals surface area contributed by atoms with E-state index in [9.17, 15) is 0 Å². The van der Waals surface area contributed by atoms with Crippen LogP contribution in [-0.4, -0.2) is 11.3 Å². The Morgan fingerprint density at radius 3 is 2.00 bits per heavy atom. The Kier molecular flexibility index (Phi) is 6.04. The van der Waals surface area contributed by atoms with Gasteiger partial charge in [-0.2, -0.15) is 0 Å². The molecule has 1 aromatic rings. The lowest BCUT2D eigenvalue weighted by atomic mass is 10.1. The van der Waals surface area contributed by atoms with E-state index in [0.29, 0.717) is 16.4 Å². The molecule has 1 nitrogen and oxygen atoms in total. The highest BCUT2D eigenvalue weighted by atomic mass is 79.9. The molecule has 3 atom stereocenters. The zero-order valence-electron chi connectivity index (χ0n) is 11.0. The van der Waals surface area contributed by atoms with Gasteiger partial charge in [-0.15, -0.1) is 11.8 Å². The van der Waals surface area contributed by atoms with Crippen LogP contribution in [0, 0.1) is 5.92 Å². The number of nitrogens with two attached hydrogens (primary N) is 1. The highest BCUT2D eigenvalue weighted by Gasteiger charge is 2.21. The molecular formula is C14H22BrNS. The summed E-state index contributed by atoms with van der Waals surface area (Å²) in [5.74, 6) is 0.677. The molecule has 0 amide bonds. The molecule has 3 heteroatoms. The average Bonchev–Trinajstić information content (AvgIpc) is 2.26. The van der Waals surface area contributed by atoms with Gasteiger partial charge in [0.25, 0.3) is 0 Å². The van der Waals surface area contributed by atoms with E-state index in [1.54, 1.807) is 0 Å². The van der Waals surface area contributed by atoms with Crippen LogP contribution in [0.5, 0.6) is 0 Å². The van der Waals surface area contributed by atoms with Crippen LogP contribution in [0.15, 0.2) is 28.7 Å². The quantitative estimate of drug-likeness (QED) is 0.858. The molecule has 1 aromatic carbocycles. The van der Waals surface area contributed by atoms with Gasteiger partial charge in [0.15, 0.2) is 0 Å². The Morgan fingerprint density at radius 2 is 1.59 bits per heavy atom. The number of rotatable bonds is 5. The predicted molar refractivity (Wildman–Crippen MR) is 82.4 cm³/mol. The van der Waals surface area contributed by atoms with Crippen molar-refractivity contribution in [2.75, 3.05) is 0 Å². The van der Waals surface area contributed by atoms with E-state index in [1.807, 2.05) is 11.8 Å². The van der Waals surface area contributed by atoms with Gasteiger partial charge in [-0.25, -0.2) is 0 Å². The summed E-state index contributed by atoms with van der Waals surface area (Å²) in [6.07, 6.45) is 0. The minimum absolute atomic E-state index is 0.169. The Hall–Kier alpha value is 0.01000. The summed E-state index contributed by atoms with van der Waals surface area (Å²) >= 11 is 5.45. The molecule has 0 saturated heterocycles. The van der Waals surface area contributed by atoms with Gasteiger partial charge in [0.05, 0.1) is 0 Å². The molecular weight excluding hydrogens is 294 g/mol. The number of hydrogen-bond acceptors (Lipinski definition) is 2. The van der Waals surface area contributed by atoms with Gasteiger partial charge in [-0.05, 0) is 30.5 Å². The average molecular weight is 316 g/mol. The van der Waals surface area contributed by atoms with E-state index in [0.717, 1.165) is 4.47 Å². The van der Waals surface area contributed by atoms with Crippen molar-refractivity contribution in [2.45, 2.75) is 44.2 Å².